The molecular weight excluding hydrogens is 246 g/mol. The van der Waals surface area contributed by atoms with Crippen LogP contribution in [0.25, 0.3) is 10.9 Å². The first-order valence-electron chi connectivity index (χ1n) is 6.07. The molecule has 1 heterocycles. The number of benzene rings is 1. The summed E-state index contributed by atoms with van der Waals surface area (Å²) in [5.41, 5.74) is 1.13. The van der Waals surface area contributed by atoms with Crippen molar-refractivity contribution in [2.75, 3.05) is 6.61 Å². The molecule has 0 aliphatic carbocycles. The van der Waals surface area contributed by atoms with Crippen molar-refractivity contribution < 1.29 is 14.6 Å². The molecule has 1 aromatic carbocycles. The Bertz CT molecular complexity index is 631. The van der Waals surface area contributed by atoms with Crippen molar-refractivity contribution in [2.24, 2.45) is 10.2 Å². The molecule has 0 fully saturated rings. The third-order valence-corrected chi connectivity index (χ3v) is 2.73. The average molecular weight is 261 g/mol. The monoisotopic (exact) mass is 261 g/mol. The molecule has 100 valence electrons. The molecule has 0 radical (unpaired) electrons. The number of aromatic nitrogens is 1. The smallest absolute Gasteiger partial charge is 0.452 e. The fourth-order valence-electron chi connectivity index (χ4n) is 1.93. The van der Waals surface area contributed by atoms with Crippen molar-refractivity contribution in [3.8, 4) is 5.88 Å². The van der Waals surface area contributed by atoms with Gasteiger partial charge in [-0.2, -0.15) is 0 Å². The van der Waals surface area contributed by atoms with E-state index in [0.717, 1.165) is 10.9 Å². The van der Waals surface area contributed by atoms with Gasteiger partial charge in [0.2, 0.25) is 5.88 Å². The standard InChI is InChI=1S/C13H15N3O3/c1-3-16-10-8-6-5-7-9(10)11(12(16)17)14-15-13(18)19-4-2/h5-8,17H,3-4H2,1-2H3. The number of fused-ring (bicyclic) bond motifs is 1. The molecule has 1 aromatic heterocycles. The van der Waals surface area contributed by atoms with Crippen LogP contribution in [0.5, 0.6) is 5.88 Å². The van der Waals surface area contributed by atoms with Gasteiger partial charge < -0.3 is 14.4 Å². The highest BCUT2D eigenvalue weighted by atomic mass is 16.5. The van der Waals surface area contributed by atoms with E-state index in [1.165, 1.54) is 0 Å². The molecule has 1 amide bonds. The van der Waals surface area contributed by atoms with E-state index in [1.54, 1.807) is 11.5 Å². The molecule has 0 saturated carbocycles. The summed E-state index contributed by atoms with van der Waals surface area (Å²) in [7, 11) is 0. The fourth-order valence-corrected chi connectivity index (χ4v) is 1.93. The van der Waals surface area contributed by atoms with E-state index in [9.17, 15) is 9.90 Å². The molecule has 6 nitrogen and oxygen atoms in total. The van der Waals surface area contributed by atoms with Crippen LogP contribution in [0.4, 0.5) is 10.5 Å². The summed E-state index contributed by atoms with van der Waals surface area (Å²) >= 11 is 0. The summed E-state index contributed by atoms with van der Waals surface area (Å²) in [5.74, 6) is -0.00301. The lowest BCUT2D eigenvalue weighted by Crippen LogP contribution is -1.95. The molecule has 1 N–H and O–H groups in total. The minimum atomic E-state index is -0.768. The summed E-state index contributed by atoms with van der Waals surface area (Å²) in [6.07, 6.45) is -0.768. The van der Waals surface area contributed by atoms with Crippen molar-refractivity contribution >= 4 is 22.7 Å². The molecule has 0 aliphatic rings. The van der Waals surface area contributed by atoms with Crippen LogP contribution in [-0.2, 0) is 11.3 Å². The van der Waals surface area contributed by atoms with Gasteiger partial charge in [0.1, 0.15) is 0 Å². The Morgan fingerprint density at radius 3 is 2.79 bits per heavy atom. The van der Waals surface area contributed by atoms with E-state index in [2.05, 4.69) is 15.0 Å². The second-order valence-electron chi connectivity index (χ2n) is 3.83. The SMILES string of the molecule is CCOC(=O)N=Nc1c(O)n(CC)c2ccccc12. The zero-order chi connectivity index (χ0) is 13.8. The minimum absolute atomic E-state index is 0.00301. The quantitative estimate of drug-likeness (QED) is 0.857. The van der Waals surface area contributed by atoms with Gasteiger partial charge >= 0.3 is 6.09 Å². The van der Waals surface area contributed by atoms with E-state index in [-0.39, 0.29) is 18.2 Å². The summed E-state index contributed by atoms with van der Waals surface area (Å²) in [5, 5.41) is 18.1. The Morgan fingerprint density at radius 1 is 1.37 bits per heavy atom. The lowest BCUT2D eigenvalue weighted by molar-refractivity contribution is 0.162. The Balaban J connectivity index is 2.48. The van der Waals surface area contributed by atoms with Crippen molar-refractivity contribution in [2.45, 2.75) is 20.4 Å². The number of carbonyl (C=O) groups is 1. The Labute approximate surface area is 110 Å². The maximum absolute atomic E-state index is 11.2. The number of ether oxygens (including phenoxy) is 1. The number of para-hydroxylation sites is 1. The molecule has 0 saturated heterocycles. The molecule has 19 heavy (non-hydrogen) atoms. The van der Waals surface area contributed by atoms with Gasteiger partial charge in [0.05, 0.1) is 12.1 Å². The lowest BCUT2D eigenvalue weighted by Gasteiger charge is -2.00. The van der Waals surface area contributed by atoms with Gasteiger partial charge in [-0.3, -0.25) is 0 Å². The van der Waals surface area contributed by atoms with Gasteiger partial charge in [-0.1, -0.05) is 23.3 Å². The van der Waals surface area contributed by atoms with E-state index in [1.807, 2.05) is 31.2 Å². The predicted molar refractivity (Wildman–Crippen MR) is 70.8 cm³/mol. The molecule has 0 spiro atoms. The van der Waals surface area contributed by atoms with Gasteiger partial charge in [-0.25, -0.2) is 4.79 Å². The van der Waals surface area contributed by atoms with E-state index >= 15 is 0 Å². The van der Waals surface area contributed by atoms with Crippen LogP contribution in [-0.4, -0.2) is 22.4 Å². The highest BCUT2D eigenvalue weighted by molar-refractivity contribution is 5.95. The van der Waals surface area contributed by atoms with Gasteiger partial charge in [-0.15, -0.1) is 5.11 Å². The van der Waals surface area contributed by atoms with Crippen molar-refractivity contribution in [3.05, 3.63) is 24.3 Å². The third-order valence-electron chi connectivity index (χ3n) is 2.73. The zero-order valence-corrected chi connectivity index (χ0v) is 10.8. The first-order chi connectivity index (χ1) is 9.19. The largest absolute Gasteiger partial charge is 0.493 e. The van der Waals surface area contributed by atoms with Crippen LogP contribution in [0.15, 0.2) is 34.5 Å². The summed E-state index contributed by atoms with van der Waals surface area (Å²) in [4.78, 5) is 11.2. The van der Waals surface area contributed by atoms with Crippen LogP contribution >= 0.6 is 0 Å². The van der Waals surface area contributed by atoms with E-state index in [0.29, 0.717) is 6.54 Å². The number of hydrogen-bond acceptors (Lipinski definition) is 4. The number of hydrogen-bond donors (Lipinski definition) is 1. The van der Waals surface area contributed by atoms with Gasteiger partial charge in [0.15, 0.2) is 5.69 Å². The summed E-state index contributed by atoms with van der Waals surface area (Å²) in [6.45, 7) is 4.44. The van der Waals surface area contributed by atoms with E-state index in [4.69, 9.17) is 0 Å². The van der Waals surface area contributed by atoms with Gasteiger partial charge in [-0.05, 0) is 19.9 Å². The average Bonchev–Trinajstić information content (AvgIpc) is 2.68. The highest BCUT2D eigenvalue weighted by Crippen LogP contribution is 2.38. The van der Waals surface area contributed by atoms with Gasteiger partial charge in [0, 0.05) is 11.9 Å². The number of rotatable bonds is 3. The highest BCUT2D eigenvalue weighted by Gasteiger charge is 2.15. The second-order valence-corrected chi connectivity index (χ2v) is 3.83. The van der Waals surface area contributed by atoms with Gasteiger partial charge in [0.25, 0.3) is 0 Å². The molecule has 6 heteroatoms. The molecule has 0 bridgehead atoms. The topological polar surface area (TPSA) is 76.2 Å². The Morgan fingerprint density at radius 2 is 2.11 bits per heavy atom. The lowest BCUT2D eigenvalue weighted by atomic mass is 10.2. The Kier molecular flexibility index (Phi) is 3.79. The van der Waals surface area contributed by atoms with Crippen LogP contribution in [0.2, 0.25) is 0 Å². The number of aryl methyl sites for hydroxylation is 1. The maximum atomic E-state index is 11.2. The first-order valence-corrected chi connectivity index (χ1v) is 6.07. The second kappa shape index (κ2) is 5.51. The zero-order valence-electron chi connectivity index (χ0n) is 10.8. The fraction of sp³-hybridized carbons (Fsp3) is 0.308. The first kappa shape index (κ1) is 13.1. The molecule has 0 unspecified atom stereocenters. The summed E-state index contributed by atoms with van der Waals surface area (Å²) in [6, 6.07) is 7.41. The maximum Gasteiger partial charge on any atom is 0.452 e. The molecule has 2 rings (SSSR count). The minimum Gasteiger partial charge on any atom is -0.493 e. The number of azo groups is 1. The van der Waals surface area contributed by atoms with Crippen LogP contribution in [0.3, 0.4) is 0 Å². The Hall–Kier alpha value is -2.37. The van der Waals surface area contributed by atoms with Crippen LogP contribution < -0.4 is 0 Å². The number of aromatic hydroxyl groups is 1. The van der Waals surface area contributed by atoms with Crippen LogP contribution in [0.1, 0.15) is 13.8 Å². The summed E-state index contributed by atoms with van der Waals surface area (Å²) < 4.78 is 6.36. The number of carbonyl (C=O) groups excluding carboxylic acids is 1. The number of amides is 1. The van der Waals surface area contributed by atoms with E-state index < -0.39 is 6.09 Å². The molecule has 0 aliphatic heterocycles. The van der Waals surface area contributed by atoms with Crippen LogP contribution in [0, 0.1) is 0 Å². The van der Waals surface area contributed by atoms with Crippen molar-refractivity contribution in [1.29, 1.82) is 0 Å². The van der Waals surface area contributed by atoms with Crippen molar-refractivity contribution in [3.63, 3.8) is 0 Å². The number of nitrogens with zero attached hydrogens (tertiary/aromatic N) is 3. The third kappa shape index (κ3) is 2.42. The predicted octanol–water partition coefficient (Wildman–Crippen LogP) is 3.61. The molecule has 0 atom stereocenters. The molecule has 2 aromatic rings. The molecular formula is C13H15N3O3. The normalized spacial score (nSPS) is 11.3. The van der Waals surface area contributed by atoms with Crippen molar-refractivity contribution in [1.82, 2.24) is 4.57 Å².